The molecule has 0 amide bonds. The highest BCUT2D eigenvalue weighted by atomic mass is 32.2. The van der Waals surface area contributed by atoms with Gasteiger partial charge in [-0.05, 0) is 20.8 Å². The molecule has 0 spiro atoms. The highest BCUT2D eigenvalue weighted by Crippen LogP contribution is 2.46. The van der Waals surface area contributed by atoms with Crippen LogP contribution in [0.15, 0.2) is 0 Å². The fraction of sp³-hybridized carbons (Fsp3) is 1.00. The summed E-state index contributed by atoms with van der Waals surface area (Å²) in [4.78, 5) is 0. The standard InChI is InChI=1S/C12H21NO9S/c1-4-16-10-19-7-5-17-12(6-18-23(13,14)15)9(8(7)20-10)21-11(2,3)22-12/h7-10H,4-6H2,1-3H3,(H2,13,14,15)/t7-,8-,9+,10+,12+/m1/s1. The summed E-state index contributed by atoms with van der Waals surface area (Å²) >= 11 is 0. The molecule has 3 saturated heterocycles. The van der Waals surface area contributed by atoms with E-state index in [4.69, 9.17) is 33.6 Å². The second-order valence-corrected chi connectivity index (χ2v) is 7.16. The van der Waals surface area contributed by atoms with Crippen molar-refractivity contribution in [2.75, 3.05) is 19.8 Å². The Balaban J connectivity index is 1.81. The summed E-state index contributed by atoms with van der Waals surface area (Å²) in [5.41, 5.74) is 0. The Hall–Kier alpha value is -0.370. The van der Waals surface area contributed by atoms with Gasteiger partial charge >= 0.3 is 10.3 Å². The molecule has 3 rings (SSSR count). The molecule has 0 unspecified atom stereocenters. The van der Waals surface area contributed by atoms with Crippen molar-refractivity contribution >= 4 is 10.3 Å². The van der Waals surface area contributed by atoms with E-state index in [2.05, 4.69) is 4.18 Å². The molecule has 0 saturated carbocycles. The minimum absolute atomic E-state index is 0.109. The highest BCUT2D eigenvalue weighted by Gasteiger charge is 2.65. The van der Waals surface area contributed by atoms with E-state index in [1.807, 2.05) is 6.92 Å². The molecule has 5 atom stereocenters. The second-order valence-electron chi connectivity index (χ2n) is 5.94. The van der Waals surface area contributed by atoms with Crippen LogP contribution < -0.4 is 5.14 Å². The Morgan fingerprint density at radius 2 is 2.04 bits per heavy atom. The van der Waals surface area contributed by atoms with Crippen LogP contribution in [0.1, 0.15) is 20.8 Å². The average molecular weight is 355 g/mol. The van der Waals surface area contributed by atoms with Crippen LogP contribution in [0.4, 0.5) is 0 Å². The van der Waals surface area contributed by atoms with Crippen LogP contribution in [0.3, 0.4) is 0 Å². The third kappa shape index (κ3) is 3.52. The van der Waals surface area contributed by atoms with E-state index in [1.54, 1.807) is 13.8 Å². The van der Waals surface area contributed by atoms with E-state index in [1.165, 1.54) is 0 Å². The molecule has 0 aliphatic carbocycles. The molecular formula is C12H21NO9S. The maximum absolute atomic E-state index is 11.1. The molecule has 0 bridgehead atoms. The molecule has 134 valence electrons. The van der Waals surface area contributed by atoms with Gasteiger partial charge in [-0.2, -0.15) is 8.42 Å². The van der Waals surface area contributed by atoms with Crippen molar-refractivity contribution in [2.45, 2.75) is 57.1 Å². The van der Waals surface area contributed by atoms with Gasteiger partial charge in [0, 0.05) is 6.61 Å². The Labute approximate surface area is 134 Å². The van der Waals surface area contributed by atoms with Crippen molar-refractivity contribution in [2.24, 2.45) is 5.14 Å². The summed E-state index contributed by atoms with van der Waals surface area (Å²) in [5.74, 6) is -2.48. The van der Waals surface area contributed by atoms with Gasteiger partial charge in [-0.1, -0.05) is 0 Å². The third-order valence-electron chi connectivity index (χ3n) is 3.70. The zero-order chi connectivity index (χ0) is 16.9. The lowest BCUT2D eigenvalue weighted by atomic mass is 9.98. The van der Waals surface area contributed by atoms with Gasteiger partial charge in [-0.25, -0.2) is 5.14 Å². The van der Waals surface area contributed by atoms with Gasteiger partial charge in [0.2, 0.25) is 5.79 Å². The maximum Gasteiger partial charge on any atom is 0.333 e. The van der Waals surface area contributed by atoms with Crippen LogP contribution in [0.2, 0.25) is 0 Å². The van der Waals surface area contributed by atoms with E-state index < -0.39 is 53.3 Å². The number of rotatable bonds is 5. The van der Waals surface area contributed by atoms with Crippen molar-refractivity contribution < 1.29 is 41.0 Å². The summed E-state index contributed by atoms with van der Waals surface area (Å²) in [6, 6.07) is 0. The lowest BCUT2D eigenvalue weighted by molar-refractivity contribution is -0.290. The predicted octanol–water partition coefficient (Wildman–Crippen LogP) is -0.811. The monoisotopic (exact) mass is 355 g/mol. The van der Waals surface area contributed by atoms with Crippen molar-refractivity contribution in [3.63, 3.8) is 0 Å². The minimum Gasteiger partial charge on any atom is -0.343 e. The van der Waals surface area contributed by atoms with Crippen LogP contribution in [0, 0.1) is 0 Å². The van der Waals surface area contributed by atoms with Gasteiger partial charge < -0.3 is 28.4 Å². The first-order chi connectivity index (χ1) is 10.6. The van der Waals surface area contributed by atoms with E-state index >= 15 is 0 Å². The number of ether oxygens (including phenoxy) is 6. The van der Waals surface area contributed by atoms with Crippen molar-refractivity contribution in [3.8, 4) is 0 Å². The van der Waals surface area contributed by atoms with Crippen molar-refractivity contribution in [1.82, 2.24) is 0 Å². The van der Waals surface area contributed by atoms with Crippen LogP contribution in [-0.2, 0) is 42.9 Å². The van der Waals surface area contributed by atoms with Gasteiger partial charge in [-0.15, -0.1) is 0 Å². The van der Waals surface area contributed by atoms with Gasteiger partial charge in [0.25, 0.3) is 6.48 Å². The number of nitrogens with two attached hydrogens (primary N) is 1. The van der Waals surface area contributed by atoms with Crippen LogP contribution in [-0.4, -0.2) is 64.6 Å². The molecule has 3 aliphatic heterocycles. The van der Waals surface area contributed by atoms with Crippen LogP contribution >= 0.6 is 0 Å². The molecule has 23 heavy (non-hydrogen) atoms. The lowest BCUT2D eigenvalue weighted by Crippen LogP contribution is -2.60. The van der Waals surface area contributed by atoms with Gasteiger partial charge in [0.05, 0.1) is 6.61 Å². The molecule has 0 aromatic rings. The molecule has 3 heterocycles. The average Bonchev–Trinajstić information content (AvgIpc) is 2.93. The van der Waals surface area contributed by atoms with Crippen LogP contribution in [0.25, 0.3) is 0 Å². The third-order valence-corrected chi connectivity index (χ3v) is 4.15. The lowest BCUT2D eigenvalue weighted by Gasteiger charge is -2.39. The van der Waals surface area contributed by atoms with Gasteiger partial charge in [-0.3, -0.25) is 4.18 Å². The molecule has 3 fully saturated rings. The molecule has 10 nitrogen and oxygen atoms in total. The Morgan fingerprint density at radius 3 is 2.70 bits per heavy atom. The number of hydrogen-bond acceptors (Lipinski definition) is 9. The topological polar surface area (TPSA) is 125 Å². The zero-order valence-electron chi connectivity index (χ0n) is 13.1. The summed E-state index contributed by atoms with van der Waals surface area (Å²) in [7, 11) is -4.16. The maximum atomic E-state index is 11.1. The van der Waals surface area contributed by atoms with Gasteiger partial charge in [0.15, 0.2) is 5.79 Å². The van der Waals surface area contributed by atoms with Crippen molar-refractivity contribution in [1.29, 1.82) is 0 Å². The fourth-order valence-electron chi connectivity index (χ4n) is 2.95. The Kier molecular flexibility index (Phi) is 4.45. The number of hydrogen-bond donors (Lipinski definition) is 1. The molecule has 0 aromatic carbocycles. The molecule has 2 N–H and O–H groups in total. The summed E-state index contributed by atoms with van der Waals surface area (Å²) in [5, 5.41) is 4.89. The first-order valence-corrected chi connectivity index (χ1v) is 8.73. The van der Waals surface area contributed by atoms with E-state index in [0.717, 1.165) is 0 Å². The molecular weight excluding hydrogens is 334 g/mol. The summed E-state index contributed by atoms with van der Waals surface area (Å²) < 4.78 is 60.8. The second kappa shape index (κ2) is 5.86. The van der Waals surface area contributed by atoms with Crippen LogP contribution in [0.5, 0.6) is 0 Å². The Morgan fingerprint density at radius 1 is 1.30 bits per heavy atom. The molecule has 11 heteroatoms. The first kappa shape index (κ1) is 17.5. The van der Waals surface area contributed by atoms with Gasteiger partial charge in [0.1, 0.15) is 24.9 Å². The minimum atomic E-state index is -4.16. The smallest absolute Gasteiger partial charge is 0.333 e. The SMILES string of the molecule is CCO[C@@H]1O[C@@H]2[C@@H](CO[C@@]3(COS(N)(=O)=O)OC(C)(C)O[C@@H]23)O1. The van der Waals surface area contributed by atoms with E-state index in [9.17, 15) is 8.42 Å². The largest absolute Gasteiger partial charge is 0.343 e. The summed E-state index contributed by atoms with van der Waals surface area (Å²) in [6.45, 7) is 4.41. The van der Waals surface area contributed by atoms with Crippen molar-refractivity contribution in [3.05, 3.63) is 0 Å². The van der Waals surface area contributed by atoms with E-state index in [0.29, 0.717) is 6.61 Å². The highest BCUT2D eigenvalue weighted by molar-refractivity contribution is 7.84. The fourth-order valence-corrected chi connectivity index (χ4v) is 3.28. The van der Waals surface area contributed by atoms with E-state index in [-0.39, 0.29) is 6.61 Å². The summed E-state index contributed by atoms with van der Waals surface area (Å²) in [6.07, 6.45) is -1.73. The molecule has 0 radical (unpaired) electrons. The quantitative estimate of drug-likeness (QED) is 0.674. The first-order valence-electron chi connectivity index (χ1n) is 7.26. The molecule has 3 aliphatic rings. The number of fused-ring (bicyclic) bond motifs is 3. The Bertz CT molecular complexity index is 553. The predicted molar refractivity (Wildman–Crippen MR) is 72.9 cm³/mol. The zero-order valence-corrected chi connectivity index (χ0v) is 13.9. The molecule has 0 aromatic heterocycles. The normalized spacial score (nSPS) is 42.4.